The van der Waals surface area contributed by atoms with Crippen LogP contribution in [0, 0.1) is 17.2 Å². The summed E-state index contributed by atoms with van der Waals surface area (Å²) >= 11 is 1.49. The van der Waals surface area contributed by atoms with Gasteiger partial charge in [0.25, 0.3) is 0 Å². The zero-order chi connectivity index (χ0) is 15.4. The molecule has 0 saturated heterocycles. The quantitative estimate of drug-likeness (QED) is 0.875. The number of hydrogen-bond acceptors (Lipinski definition) is 4. The predicted molar refractivity (Wildman–Crippen MR) is 80.3 cm³/mol. The summed E-state index contributed by atoms with van der Waals surface area (Å²) < 4.78 is 0. The van der Waals surface area contributed by atoms with Crippen LogP contribution < -0.4 is 5.32 Å². The number of anilines is 1. The Morgan fingerprint density at radius 1 is 1.38 bits per heavy atom. The number of carboxylic acids is 1. The summed E-state index contributed by atoms with van der Waals surface area (Å²) in [5.41, 5.74) is 1.68. The van der Waals surface area contributed by atoms with E-state index in [9.17, 15) is 14.9 Å². The smallest absolute Gasteiger partial charge is 0.303 e. The SMILES string of the molecule is C[C@H](CC(=O)O)CC(=O)Nc1sc2c(c1C#N)CCCC2. The van der Waals surface area contributed by atoms with E-state index < -0.39 is 5.97 Å². The number of carbonyl (C=O) groups excluding carboxylic acids is 1. The van der Waals surface area contributed by atoms with Crippen molar-refractivity contribution in [2.24, 2.45) is 5.92 Å². The first-order valence-corrected chi connectivity index (χ1v) is 7.89. The third-order valence-corrected chi connectivity index (χ3v) is 4.80. The number of hydrogen-bond donors (Lipinski definition) is 2. The Morgan fingerprint density at radius 3 is 2.76 bits per heavy atom. The van der Waals surface area contributed by atoms with Gasteiger partial charge in [-0.1, -0.05) is 6.92 Å². The lowest BCUT2D eigenvalue weighted by molar-refractivity contribution is -0.138. The van der Waals surface area contributed by atoms with Crippen LogP contribution in [0.25, 0.3) is 0 Å². The summed E-state index contributed by atoms with van der Waals surface area (Å²) in [4.78, 5) is 23.8. The molecular weight excluding hydrogens is 288 g/mol. The number of aliphatic carboxylic acids is 1. The molecule has 6 heteroatoms. The average molecular weight is 306 g/mol. The van der Waals surface area contributed by atoms with Crippen molar-refractivity contribution >= 4 is 28.2 Å². The Bertz CT molecular complexity index is 601. The number of nitrogens with one attached hydrogen (secondary N) is 1. The lowest BCUT2D eigenvalue weighted by Crippen LogP contribution is -2.16. The number of thiophene rings is 1. The Labute approximate surface area is 127 Å². The molecule has 21 heavy (non-hydrogen) atoms. The average Bonchev–Trinajstić information content (AvgIpc) is 2.74. The molecule has 1 aliphatic rings. The van der Waals surface area contributed by atoms with Gasteiger partial charge in [-0.05, 0) is 37.2 Å². The molecule has 5 nitrogen and oxygen atoms in total. The summed E-state index contributed by atoms with van der Waals surface area (Å²) in [6, 6.07) is 2.20. The molecule has 1 atom stereocenters. The van der Waals surface area contributed by atoms with Crippen LogP contribution in [0.2, 0.25) is 0 Å². The fraction of sp³-hybridized carbons (Fsp3) is 0.533. The summed E-state index contributed by atoms with van der Waals surface area (Å²) in [5, 5.41) is 21.4. The van der Waals surface area contributed by atoms with Crippen molar-refractivity contribution in [3.63, 3.8) is 0 Å². The molecule has 2 rings (SSSR count). The Balaban J connectivity index is 2.06. The number of rotatable bonds is 5. The normalized spacial score (nSPS) is 14.9. The van der Waals surface area contributed by atoms with E-state index in [4.69, 9.17) is 5.11 Å². The maximum Gasteiger partial charge on any atom is 0.303 e. The molecule has 0 aromatic carbocycles. The molecule has 0 bridgehead atoms. The highest BCUT2D eigenvalue weighted by molar-refractivity contribution is 7.16. The molecule has 112 valence electrons. The lowest BCUT2D eigenvalue weighted by atomic mass is 9.96. The molecule has 1 heterocycles. The highest BCUT2D eigenvalue weighted by atomic mass is 32.1. The van der Waals surface area contributed by atoms with Gasteiger partial charge in [0.05, 0.1) is 5.56 Å². The maximum absolute atomic E-state index is 12.0. The van der Waals surface area contributed by atoms with Gasteiger partial charge in [0, 0.05) is 17.7 Å². The number of nitrogens with zero attached hydrogens (tertiary/aromatic N) is 1. The minimum Gasteiger partial charge on any atom is -0.481 e. The van der Waals surface area contributed by atoms with E-state index in [0.29, 0.717) is 10.6 Å². The van der Waals surface area contributed by atoms with Crippen molar-refractivity contribution in [1.82, 2.24) is 0 Å². The van der Waals surface area contributed by atoms with Gasteiger partial charge in [0.1, 0.15) is 11.1 Å². The van der Waals surface area contributed by atoms with E-state index in [1.165, 1.54) is 16.2 Å². The van der Waals surface area contributed by atoms with Gasteiger partial charge in [-0.2, -0.15) is 5.26 Å². The van der Waals surface area contributed by atoms with Crippen molar-refractivity contribution < 1.29 is 14.7 Å². The van der Waals surface area contributed by atoms with Crippen LogP contribution in [0.15, 0.2) is 0 Å². The van der Waals surface area contributed by atoms with Crippen LogP contribution in [0.5, 0.6) is 0 Å². The van der Waals surface area contributed by atoms with Crippen molar-refractivity contribution in [1.29, 1.82) is 5.26 Å². The number of aryl methyl sites for hydroxylation is 1. The molecule has 0 unspecified atom stereocenters. The van der Waals surface area contributed by atoms with Crippen molar-refractivity contribution in [2.45, 2.75) is 45.4 Å². The monoisotopic (exact) mass is 306 g/mol. The third kappa shape index (κ3) is 3.82. The zero-order valence-corrected chi connectivity index (χ0v) is 12.8. The topological polar surface area (TPSA) is 90.2 Å². The van der Waals surface area contributed by atoms with Gasteiger partial charge in [0.15, 0.2) is 0 Å². The highest BCUT2D eigenvalue weighted by Crippen LogP contribution is 2.37. The minimum absolute atomic E-state index is 0.0283. The van der Waals surface area contributed by atoms with Crippen molar-refractivity contribution in [3.8, 4) is 6.07 Å². The summed E-state index contributed by atoms with van der Waals surface area (Å²) in [6.07, 6.45) is 4.21. The molecule has 0 radical (unpaired) electrons. The fourth-order valence-electron chi connectivity index (χ4n) is 2.64. The number of carbonyl (C=O) groups is 2. The zero-order valence-electron chi connectivity index (χ0n) is 11.9. The third-order valence-electron chi connectivity index (χ3n) is 3.59. The van der Waals surface area contributed by atoms with E-state index in [1.54, 1.807) is 6.92 Å². The first-order chi connectivity index (χ1) is 10.0. The van der Waals surface area contributed by atoms with Crippen LogP contribution in [0.3, 0.4) is 0 Å². The molecule has 0 saturated carbocycles. The molecule has 0 aliphatic heterocycles. The van der Waals surface area contributed by atoms with Gasteiger partial charge in [0.2, 0.25) is 5.91 Å². The standard InChI is InChI=1S/C15H18N2O3S/c1-9(7-14(19)20)6-13(18)17-15-11(8-16)10-4-2-3-5-12(10)21-15/h9H,2-7H2,1H3,(H,17,18)(H,19,20)/t9-/m0/s1. The second kappa shape index (κ2) is 6.72. The summed E-state index contributed by atoms with van der Waals surface area (Å²) in [5.74, 6) is -1.35. The number of carboxylic acid groups (broad SMARTS) is 1. The van der Waals surface area contributed by atoms with E-state index in [0.717, 1.165) is 31.2 Å². The van der Waals surface area contributed by atoms with Crippen LogP contribution in [-0.2, 0) is 22.4 Å². The van der Waals surface area contributed by atoms with Crippen molar-refractivity contribution in [3.05, 3.63) is 16.0 Å². The number of amides is 1. The predicted octanol–water partition coefficient (Wildman–Crippen LogP) is 2.94. The van der Waals surface area contributed by atoms with Crippen LogP contribution in [0.1, 0.15) is 48.6 Å². The maximum atomic E-state index is 12.0. The van der Waals surface area contributed by atoms with Gasteiger partial charge in [-0.15, -0.1) is 11.3 Å². The minimum atomic E-state index is -0.903. The van der Waals surface area contributed by atoms with Crippen LogP contribution in [-0.4, -0.2) is 17.0 Å². The molecular formula is C15H18N2O3S. The molecule has 0 spiro atoms. The van der Waals surface area contributed by atoms with Gasteiger partial charge >= 0.3 is 5.97 Å². The Kier molecular flexibility index (Phi) is 4.97. The van der Waals surface area contributed by atoms with E-state index in [-0.39, 0.29) is 24.7 Å². The fourth-order valence-corrected chi connectivity index (χ4v) is 3.89. The number of fused-ring (bicyclic) bond motifs is 1. The summed E-state index contributed by atoms with van der Waals surface area (Å²) in [7, 11) is 0. The molecule has 1 amide bonds. The second-order valence-electron chi connectivity index (χ2n) is 5.48. The second-order valence-corrected chi connectivity index (χ2v) is 6.59. The molecule has 1 aromatic rings. The Morgan fingerprint density at radius 2 is 2.10 bits per heavy atom. The highest BCUT2D eigenvalue weighted by Gasteiger charge is 2.22. The van der Waals surface area contributed by atoms with E-state index in [1.807, 2.05) is 0 Å². The largest absolute Gasteiger partial charge is 0.481 e. The Hall–Kier alpha value is -1.87. The first kappa shape index (κ1) is 15.5. The summed E-state index contributed by atoms with van der Waals surface area (Å²) in [6.45, 7) is 1.73. The first-order valence-electron chi connectivity index (χ1n) is 7.07. The van der Waals surface area contributed by atoms with E-state index in [2.05, 4.69) is 11.4 Å². The van der Waals surface area contributed by atoms with Gasteiger partial charge < -0.3 is 10.4 Å². The van der Waals surface area contributed by atoms with Gasteiger partial charge in [-0.25, -0.2) is 0 Å². The molecule has 1 aliphatic carbocycles. The lowest BCUT2D eigenvalue weighted by Gasteiger charge is -2.09. The van der Waals surface area contributed by atoms with Crippen LogP contribution in [0.4, 0.5) is 5.00 Å². The molecule has 1 aromatic heterocycles. The van der Waals surface area contributed by atoms with E-state index >= 15 is 0 Å². The molecule has 0 fully saturated rings. The number of nitriles is 1. The molecule has 2 N–H and O–H groups in total. The van der Waals surface area contributed by atoms with Crippen molar-refractivity contribution in [2.75, 3.05) is 5.32 Å². The van der Waals surface area contributed by atoms with Gasteiger partial charge in [-0.3, -0.25) is 9.59 Å². The van der Waals surface area contributed by atoms with Crippen LogP contribution >= 0.6 is 11.3 Å².